The predicted molar refractivity (Wildman–Crippen MR) is 103 cm³/mol. The van der Waals surface area contributed by atoms with Gasteiger partial charge >= 0.3 is 0 Å². The van der Waals surface area contributed by atoms with Crippen LogP contribution in [0.3, 0.4) is 0 Å². The monoisotopic (exact) mass is 359 g/mol. The Bertz CT molecular complexity index is 707. The van der Waals surface area contributed by atoms with Gasteiger partial charge < -0.3 is 20.1 Å². The molecule has 0 amide bonds. The van der Waals surface area contributed by atoms with Gasteiger partial charge in [-0.3, -0.25) is 0 Å². The number of nitrogens with one attached hydrogen (secondary N) is 2. The van der Waals surface area contributed by atoms with Crippen LogP contribution in [0.1, 0.15) is 18.9 Å². The molecule has 0 radical (unpaired) electrons. The molecule has 0 saturated heterocycles. The fourth-order valence-electron chi connectivity index (χ4n) is 2.31. The summed E-state index contributed by atoms with van der Waals surface area (Å²) in [5.41, 5.74) is 1.69. The van der Waals surface area contributed by atoms with E-state index in [2.05, 4.69) is 15.6 Å². The number of aliphatic imine (C=N–C) groups is 1. The lowest BCUT2D eigenvalue weighted by molar-refractivity contribution is 0.172. The van der Waals surface area contributed by atoms with Crippen molar-refractivity contribution in [3.05, 3.63) is 59.9 Å². The molecule has 6 heteroatoms. The van der Waals surface area contributed by atoms with E-state index in [4.69, 9.17) is 9.47 Å². The van der Waals surface area contributed by atoms with Crippen LogP contribution in [0.5, 0.6) is 5.75 Å². The van der Waals surface area contributed by atoms with Crippen molar-refractivity contribution in [1.29, 1.82) is 0 Å². The summed E-state index contributed by atoms with van der Waals surface area (Å²) in [6.45, 7) is 4.39. The molecule has 0 aliphatic heterocycles. The average molecular weight is 359 g/mol. The van der Waals surface area contributed by atoms with E-state index in [0.717, 1.165) is 30.0 Å². The first kappa shape index (κ1) is 19.7. The standard InChI is InChI=1S/C20H26FN3O2/c1-3-22-20(23-15-16-7-4-8-17(21)13-16)24-18-9-5-10-19(14-18)26-12-6-11-25-2/h4-5,7-10,13-14H,3,6,11-12,15H2,1-2H3,(H2,22,23,24). The van der Waals surface area contributed by atoms with Crippen molar-refractivity contribution in [1.82, 2.24) is 5.32 Å². The lowest BCUT2D eigenvalue weighted by Crippen LogP contribution is -2.30. The van der Waals surface area contributed by atoms with E-state index in [9.17, 15) is 4.39 Å². The second-order valence-electron chi connectivity index (χ2n) is 5.67. The van der Waals surface area contributed by atoms with E-state index < -0.39 is 0 Å². The third-order valence-corrected chi connectivity index (χ3v) is 3.51. The zero-order valence-corrected chi connectivity index (χ0v) is 15.3. The molecule has 2 aromatic rings. The summed E-state index contributed by atoms with van der Waals surface area (Å²) in [7, 11) is 1.68. The molecule has 2 rings (SSSR count). The van der Waals surface area contributed by atoms with Crippen molar-refractivity contribution in [3.8, 4) is 5.75 Å². The van der Waals surface area contributed by atoms with Crippen molar-refractivity contribution >= 4 is 11.6 Å². The summed E-state index contributed by atoms with van der Waals surface area (Å²) in [6.07, 6.45) is 0.839. The molecule has 2 aromatic carbocycles. The van der Waals surface area contributed by atoms with Crippen LogP contribution in [0.25, 0.3) is 0 Å². The zero-order valence-electron chi connectivity index (χ0n) is 15.3. The number of hydrogen-bond donors (Lipinski definition) is 2. The maximum absolute atomic E-state index is 13.3. The van der Waals surface area contributed by atoms with E-state index in [0.29, 0.717) is 25.7 Å². The molecule has 0 heterocycles. The third-order valence-electron chi connectivity index (χ3n) is 3.51. The summed E-state index contributed by atoms with van der Waals surface area (Å²) in [4.78, 5) is 4.51. The molecular weight excluding hydrogens is 333 g/mol. The van der Waals surface area contributed by atoms with Gasteiger partial charge in [0.15, 0.2) is 5.96 Å². The molecule has 5 nitrogen and oxygen atoms in total. The minimum Gasteiger partial charge on any atom is -0.493 e. The topological polar surface area (TPSA) is 54.9 Å². The largest absolute Gasteiger partial charge is 0.493 e. The van der Waals surface area contributed by atoms with Crippen LogP contribution >= 0.6 is 0 Å². The quantitative estimate of drug-likeness (QED) is 0.406. The van der Waals surface area contributed by atoms with Crippen LogP contribution in [0.15, 0.2) is 53.5 Å². The van der Waals surface area contributed by atoms with Crippen LogP contribution in [-0.2, 0) is 11.3 Å². The highest BCUT2D eigenvalue weighted by molar-refractivity contribution is 5.93. The van der Waals surface area contributed by atoms with Gasteiger partial charge in [0.05, 0.1) is 13.2 Å². The lowest BCUT2D eigenvalue weighted by Gasteiger charge is -2.13. The number of guanidine groups is 1. The number of hydrogen-bond acceptors (Lipinski definition) is 3. The normalized spacial score (nSPS) is 11.3. The highest BCUT2D eigenvalue weighted by Gasteiger charge is 2.02. The Morgan fingerprint density at radius 3 is 2.73 bits per heavy atom. The van der Waals surface area contributed by atoms with Gasteiger partial charge in [0.1, 0.15) is 11.6 Å². The molecular formula is C20H26FN3O2. The van der Waals surface area contributed by atoms with Crippen LogP contribution in [-0.4, -0.2) is 32.8 Å². The number of ether oxygens (including phenoxy) is 2. The van der Waals surface area contributed by atoms with Crippen molar-refractivity contribution in [2.75, 3.05) is 32.2 Å². The first-order valence-electron chi connectivity index (χ1n) is 8.73. The number of benzene rings is 2. The minimum absolute atomic E-state index is 0.256. The zero-order chi connectivity index (χ0) is 18.6. The molecule has 0 bridgehead atoms. The fourth-order valence-corrected chi connectivity index (χ4v) is 2.31. The Hall–Kier alpha value is -2.60. The Morgan fingerprint density at radius 1 is 1.12 bits per heavy atom. The first-order valence-corrected chi connectivity index (χ1v) is 8.73. The highest BCUT2D eigenvalue weighted by atomic mass is 19.1. The van der Waals surface area contributed by atoms with Crippen LogP contribution in [0.2, 0.25) is 0 Å². The van der Waals surface area contributed by atoms with Crippen LogP contribution in [0, 0.1) is 5.82 Å². The summed E-state index contributed by atoms with van der Waals surface area (Å²) in [5, 5.41) is 6.43. The number of halogens is 1. The molecule has 26 heavy (non-hydrogen) atoms. The molecule has 0 aromatic heterocycles. The van der Waals surface area contributed by atoms with Gasteiger partial charge in [-0.05, 0) is 36.8 Å². The van der Waals surface area contributed by atoms with Gasteiger partial charge in [-0.25, -0.2) is 9.38 Å². The third kappa shape index (κ3) is 7.11. The second kappa shape index (κ2) is 11.1. The molecule has 0 spiro atoms. The number of rotatable bonds is 9. The van der Waals surface area contributed by atoms with Gasteiger partial charge in [0, 0.05) is 38.4 Å². The maximum atomic E-state index is 13.3. The van der Waals surface area contributed by atoms with E-state index in [1.54, 1.807) is 13.2 Å². The van der Waals surface area contributed by atoms with E-state index in [-0.39, 0.29) is 5.82 Å². The smallest absolute Gasteiger partial charge is 0.196 e. The molecule has 2 N–H and O–H groups in total. The van der Waals surface area contributed by atoms with Gasteiger partial charge in [0.2, 0.25) is 0 Å². The molecule has 0 fully saturated rings. The predicted octanol–water partition coefficient (Wildman–Crippen LogP) is 3.82. The van der Waals surface area contributed by atoms with E-state index in [1.165, 1.54) is 12.1 Å². The van der Waals surface area contributed by atoms with Gasteiger partial charge in [-0.1, -0.05) is 18.2 Å². The number of methoxy groups -OCH3 is 1. The first-order chi connectivity index (χ1) is 12.7. The lowest BCUT2D eigenvalue weighted by atomic mass is 10.2. The van der Waals surface area contributed by atoms with Crippen molar-refractivity contribution < 1.29 is 13.9 Å². The average Bonchev–Trinajstić information content (AvgIpc) is 2.64. The molecule has 140 valence electrons. The molecule has 0 saturated carbocycles. The Labute approximate surface area is 154 Å². The van der Waals surface area contributed by atoms with Gasteiger partial charge in [0.25, 0.3) is 0 Å². The molecule has 0 aliphatic rings. The Balaban J connectivity index is 1.98. The summed E-state index contributed by atoms with van der Waals surface area (Å²) in [5.74, 6) is 1.16. The SMILES string of the molecule is CCNC(=NCc1cccc(F)c1)Nc1cccc(OCCCOC)c1. The second-order valence-corrected chi connectivity index (χ2v) is 5.67. The maximum Gasteiger partial charge on any atom is 0.196 e. The summed E-state index contributed by atoms with van der Waals surface area (Å²) in [6, 6.07) is 14.1. The van der Waals surface area contributed by atoms with Gasteiger partial charge in [-0.2, -0.15) is 0 Å². The van der Waals surface area contributed by atoms with Crippen molar-refractivity contribution in [2.45, 2.75) is 19.9 Å². The number of anilines is 1. The fraction of sp³-hybridized carbons (Fsp3) is 0.350. The molecule has 0 atom stereocenters. The summed E-state index contributed by atoms with van der Waals surface area (Å²) >= 11 is 0. The van der Waals surface area contributed by atoms with Crippen LogP contribution in [0.4, 0.5) is 10.1 Å². The molecule has 0 aliphatic carbocycles. The van der Waals surface area contributed by atoms with Crippen molar-refractivity contribution in [2.24, 2.45) is 4.99 Å². The Morgan fingerprint density at radius 2 is 1.96 bits per heavy atom. The molecule has 0 unspecified atom stereocenters. The summed E-state index contributed by atoms with van der Waals surface area (Å²) < 4.78 is 24.0. The van der Waals surface area contributed by atoms with Gasteiger partial charge in [-0.15, -0.1) is 0 Å². The Kier molecular flexibility index (Phi) is 8.42. The van der Waals surface area contributed by atoms with E-state index in [1.807, 2.05) is 37.3 Å². The van der Waals surface area contributed by atoms with Crippen LogP contribution < -0.4 is 15.4 Å². The number of nitrogens with zero attached hydrogens (tertiary/aromatic N) is 1. The van der Waals surface area contributed by atoms with Crippen molar-refractivity contribution in [3.63, 3.8) is 0 Å². The highest BCUT2D eigenvalue weighted by Crippen LogP contribution is 2.17. The minimum atomic E-state index is -0.256. The van der Waals surface area contributed by atoms with E-state index >= 15 is 0 Å².